The van der Waals surface area contributed by atoms with E-state index in [2.05, 4.69) is 0 Å². The Labute approximate surface area is 130 Å². The molecule has 1 fully saturated rings. The number of likely N-dealkylation sites (tertiary alicyclic amines) is 1. The third kappa shape index (κ3) is 3.01. The van der Waals surface area contributed by atoms with Gasteiger partial charge in [-0.2, -0.15) is 0 Å². The Balaban J connectivity index is 2.20. The summed E-state index contributed by atoms with van der Waals surface area (Å²) in [5.41, 5.74) is -0.573. The molecule has 2 rings (SSSR count). The molecule has 0 unspecified atom stereocenters. The normalized spacial score (nSPS) is 24.8. The highest BCUT2D eigenvalue weighted by Gasteiger charge is 2.45. The molecule has 1 aromatic carbocycles. The van der Waals surface area contributed by atoms with Gasteiger partial charge in [-0.25, -0.2) is 0 Å². The van der Waals surface area contributed by atoms with Gasteiger partial charge in [0.2, 0.25) is 0 Å². The average Bonchev–Trinajstić information content (AvgIpc) is 2.41. The summed E-state index contributed by atoms with van der Waals surface area (Å²) in [6, 6.07) is 5.04. The summed E-state index contributed by atoms with van der Waals surface area (Å²) in [7, 11) is 1.54. The molecule has 1 aliphatic rings. The number of piperidine rings is 1. The summed E-state index contributed by atoms with van der Waals surface area (Å²) in [6.45, 7) is 6.85. The lowest BCUT2D eigenvalue weighted by Gasteiger charge is -2.48. The lowest BCUT2D eigenvalue weighted by atomic mass is 9.71. The van der Waals surface area contributed by atoms with E-state index >= 15 is 0 Å². The summed E-state index contributed by atoms with van der Waals surface area (Å²) in [6.07, 6.45) is 0.565. The van der Waals surface area contributed by atoms with E-state index in [1.807, 2.05) is 20.8 Å². The van der Waals surface area contributed by atoms with Gasteiger partial charge >= 0.3 is 0 Å². The highest BCUT2D eigenvalue weighted by molar-refractivity contribution is 6.32. The Bertz CT molecular complexity index is 554. The van der Waals surface area contributed by atoms with E-state index in [0.717, 1.165) is 0 Å². The summed E-state index contributed by atoms with van der Waals surface area (Å²) < 4.78 is 5.10. The maximum Gasteiger partial charge on any atom is 0.253 e. The van der Waals surface area contributed by atoms with Gasteiger partial charge < -0.3 is 14.7 Å². The van der Waals surface area contributed by atoms with Gasteiger partial charge in [0.05, 0.1) is 17.7 Å². The number of rotatable bonds is 2. The second-order valence-electron chi connectivity index (χ2n) is 6.48. The number of halogens is 1. The Morgan fingerprint density at radius 1 is 1.38 bits per heavy atom. The van der Waals surface area contributed by atoms with Crippen molar-refractivity contribution in [2.24, 2.45) is 5.41 Å². The van der Waals surface area contributed by atoms with Gasteiger partial charge in [0.1, 0.15) is 5.75 Å². The van der Waals surface area contributed by atoms with E-state index in [1.165, 1.54) is 7.11 Å². The van der Waals surface area contributed by atoms with Crippen molar-refractivity contribution < 1.29 is 14.6 Å². The van der Waals surface area contributed by atoms with Gasteiger partial charge in [0, 0.05) is 24.1 Å². The lowest BCUT2D eigenvalue weighted by molar-refractivity contribution is -0.0971. The van der Waals surface area contributed by atoms with Crippen molar-refractivity contribution in [3.05, 3.63) is 28.8 Å². The number of methoxy groups -OCH3 is 1. The second-order valence-corrected chi connectivity index (χ2v) is 6.89. The minimum atomic E-state index is -0.763. The Kier molecular flexibility index (Phi) is 4.22. The van der Waals surface area contributed by atoms with Crippen molar-refractivity contribution in [1.29, 1.82) is 0 Å². The van der Waals surface area contributed by atoms with Crippen LogP contribution in [0.5, 0.6) is 5.75 Å². The average molecular weight is 312 g/mol. The monoisotopic (exact) mass is 311 g/mol. The first kappa shape index (κ1) is 16.1. The molecule has 0 spiro atoms. The number of hydrogen-bond donors (Lipinski definition) is 1. The predicted octanol–water partition coefficient (Wildman–Crippen LogP) is 2.97. The lowest BCUT2D eigenvalue weighted by Crippen LogP contribution is -2.56. The first-order valence-corrected chi connectivity index (χ1v) is 7.41. The number of ether oxygens (including phenoxy) is 1. The van der Waals surface area contributed by atoms with Crippen LogP contribution >= 0.6 is 11.6 Å². The molecule has 0 bridgehead atoms. The topological polar surface area (TPSA) is 49.8 Å². The smallest absolute Gasteiger partial charge is 0.253 e. The van der Waals surface area contributed by atoms with Crippen molar-refractivity contribution in [3.8, 4) is 5.75 Å². The van der Waals surface area contributed by atoms with Crippen LogP contribution in [0.2, 0.25) is 5.02 Å². The summed E-state index contributed by atoms with van der Waals surface area (Å²) in [4.78, 5) is 14.4. The molecule has 1 amide bonds. The van der Waals surface area contributed by atoms with Crippen LogP contribution in [-0.4, -0.2) is 41.7 Å². The quantitative estimate of drug-likeness (QED) is 0.913. The number of carbonyl (C=O) groups is 1. The largest absolute Gasteiger partial charge is 0.495 e. The minimum Gasteiger partial charge on any atom is -0.495 e. The summed E-state index contributed by atoms with van der Waals surface area (Å²) in [5.74, 6) is 0.484. The maximum absolute atomic E-state index is 12.6. The predicted molar refractivity (Wildman–Crippen MR) is 82.9 cm³/mol. The zero-order chi connectivity index (χ0) is 15.8. The second kappa shape index (κ2) is 5.50. The molecule has 4 nitrogen and oxygen atoms in total. The molecular weight excluding hydrogens is 290 g/mol. The van der Waals surface area contributed by atoms with E-state index in [0.29, 0.717) is 35.8 Å². The molecule has 21 heavy (non-hydrogen) atoms. The van der Waals surface area contributed by atoms with E-state index in [-0.39, 0.29) is 11.3 Å². The minimum absolute atomic E-state index is 0.0665. The number of aliphatic hydroxyl groups is 1. The number of nitrogens with zero attached hydrogens (tertiary/aromatic N) is 1. The molecule has 116 valence electrons. The Hall–Kier alpha value is -1.26. The fourth-order valence-corrected chi connectivity index (χ4v) is 2.83. The Morgan fingerprint density at radius 2 is 2.05 bits per heavy atom. The zero-order valence-electron chi connectivity index (χ0n) is 12.9. The number of amides is 1. The summed E-state index contributed by atoms with van der Waals surface area (Å²) >= 11 is 6.08. The van der Waals surface area contributed by atoms with Gasteiger partial charge in [0.25, 0.3) is 5.91 Å². The molecule has 0 radical (unpaired) electrons. The van der Waals surface area contributed by atoms with E-state index in [4.69, 9.17) is 16.3 Å². The number of hydrogen-bond acceptors (Lipinski definition) is 3. The first-order valence-electron chi connectivity index (χ1n) is 7.03. The standard InChI is InChI=1S/C16H22ClNO3/c1-15(2)10-18(8-7-16(15,3)20)14(19)11-5-6-13(21-4)12(17)9-11/h5-6,9,20H,7-8,10H2,1-4H3/t16-/m1/s1. The Morgan fingerprint density at radius 3 is 2.57 bits per heavy atom. The van der Waals surface area contributed by atoms with E-state index in [9.17, 15) is 9.90 Å². The third-order valence-electron chi connectivity index (χ3n) is 4.60. The number of benzene rings is 1. The van der Waals surface area contributed by atoms with Gasteiger partial charge in [-0.15, -0.1) is 0 Å². The maximum atomic E-state index is 12.6. The van der Waals surface area contributed by atoms with E-state index < -0.39 is 5.60 Å². The van der Waals surface area contributed by atoms with Gasteiger partial charge in [-0.05, 0) is 31.5 Å². The van der Waals surface area contributed by atoms with Gasteiger partial charge in [-0.3, -0.25) is 4.79 Å². The summed E-state index contributed by atoms with van der Waals surface area (Å²) in [5, 5.41) is 10.8. The molecule has 0 aromatic heterocycles. The molecule has 1 aliphatic heterocycles. The molecule has 1 saturated heterocycles. The van der Waals surface area contributed by atoms with Crippen LogP contribution in [-0.2, 0) is 0 Å². The number of carbonyl (C=O) groups excluding carboxylic acids is 1. The van der Waals surface area contributed by atoms with Crippen LogP contribution in [0.15, 0.2) is 18.2 Å². The highest BCUT2D eigenvalue weighted by atomic mass is 35.5. The molecule has 0 aliphatic carbocycles. The highest BCUT2D eigenvalue weighted by Crippen LogP contribution is 2.38. The molecule has 1 heterocycles. The fourth-order valence-electron chi connectivity index (χ4n) is 2.57. The van der Waals surface area contributed by atoms with E-state index in [1.54, 1.807) is 23.1 Å². The molecule has 1 aromatic rings. The van der Waals surface area contributed by atoms with Crippen molar-refractivity contribution in [2.45, 2.75) is 32.8 Å². The van der Waals surface area contributed by atoms with Crippen molar-refractivity contribution in [1.82, 2.24) is 4.90 Å². The van der Waals surface area contributed by atoms with Crippen LogP contribution in [0, 0.1) is 5.41 Å². The van der Waals surface area contributed by atoms with Crippen molar-refractivity contribution in [3.63, 3.8) is 0 Å². The van der Waals surface area contributed by atoms with Crippen LogP contribution in [0.1, 0.15) is 37.6 Å². The zero-order valence-corrected chi connectivity index (χ0v) is 13.7. The SMILES string of the molecule is COc1ccc(C(=O)N2CC[C@@](C)(O)C(C)(C)C2)cc1Cl. The van der Waals surface area contributed by atoms with Crippen LogP contribution in [0.4, 0.5) is 0 Å². The van der Waals surface area contributed by atoms with Crippen molar-refractivity contribution in [2.75, 3.05) is 20.2 Å². The molecule has 1 atom stereocenters. The van der Waals surface area contributed by atoms with Crippen LogP contribution < -0.4 is 4.74 Å². The van der Waals surface area contributed by atoms with Gasteiger partial charge in [0.15, 0.2) is 0 Å². The molecule has 5 heteroatoms. The molecule has 0 saturated carbocycles. The fraction of sp³-hybridized carbons (Fsp3) is 0.562. The third-order valence-corrected chi connectivity index (χ3v) is 4.89. The van der Waals surface area contributed by atoms with Gasteiger partial charge in [-0.1, -0.05) is 25.4 Å². The first-order chi connectivity index (χ1) is 9.68. The van der Waals surface area contributed by atoms with Crippen LogP contribution in [0.25, 0.3) is 0 Å². The van der Waals surface area contributed by atoms with Crippen LogP contribution in [0.3, 0.4) is 0 Å². The van der Waals surface area contributed by atoms with Crippen molar-refractivity contribution >= 4 is 17.5 Å². The molecular formula is C16H22ClNO3. The molecule has 1 N–H and O–H groups in total.